The molecule has 8 heteroatoms. The maximum Gasteiger partial charge on any atom is 0.411 e. The molecule has 3 rings (SSSR count). The molecule has 1 atom stereocenters. The van der Waals surface area contributed by atoms with Gasteiger partial charge in [-0.1, -0.05) is 0 Å². The van der Waals surface area contributed by atoms with Gasteiger partial charge < -0.3 is 15.0 Å². The number of hydrogen-bond donors (Lipinski definition) is 3. The van der Waals surface area contributed by atoms with Crippen molar-refractivity contribution in [2.45, 2.75) is 33.7 Å². The quantitative estimate of drug-likeness (QED) is 0.606. The van der Waals surface area contributed by atoms with Gasteiger partial charge in [-0.2, -0.15) is 0 Å². The number of nitrogens with one attached hydrogen (secondary N) is 3. The summed E-state index contributed by atoms with van der Waals surface area (Å²) in [5.41, 5.74) is 2.36. The van der Waals surface area contributed by atoms with Crippen LogP contribution in [0.3, 0.4) is 0 Å². The van der Waals surface area contributed by atoms with Crippen LogP contribution >= 0.6 is 11.3 Å². The molecule has 1 aromatic carbocycles. The van der Waals surface area contributed by atoms with Gasteiger partial charge in [0.05, 0.1) is 18.0 Å². The first-order valence-corrected chi connectivity index (χ1v) is 9.51. The number of carbonyl (C=O) groups excluding carboxylic acids is 1. The number of anilines is 2. The largest absolute Gasteiger partial charge is 0.450 e. The number of benzene rings is 1. The number of hydrogen-bond acceptors (Lipinski definition) is 6. The van der Waals surface area contributed by atoms with Crippen LogP contribution in [0.2, 0.25) is 0 Å². The lowest BCUT2D eigenvalue weighted by molar-refractivity contribution is 0.168. The van der Waals surface area contributed by atoms with Gasteiger partial charge in [0.1, 0.15) is 10.7 Å². The maximum absolute atomic E-state index is 12.4. The standard InChI is InChI=1S/C19H22N4O3S/c1-5-26-19(25)21-14-8-6-13(7-9-14)20-11(3)16-22-17(24)15-10(2)12(4)27-18(15)23-16/h6-9,11,20H,5H2,1-4H3,(H,21,25)(H,22,23,24). The van der Waals surface area contributed by atoms with Crippen molar-refractivity contribution >= 4 is 39.0 Å². The lowest BCUT2D eigenvalue weighted by Gasteiger charge is -2.15. The van der Waals surface area contributed by atoms with Crippen LogP contribution in [0.1, 0.15) is 36.2 Å². The molecule has 0 bridgehead atoms. The summed E-state index contributed by atoms with van der Waals surface area (Å²) in [4.78, 5) is 33.2. The molecule has 3 aromatic rings. The molecule has 0 saturated heterocycles. The summed E-state index contributed by atoms with van der Waals surface area (Å²) in [7, 11) is 0. The first-order chi connectivity index (χ1) is 12.9. The van der Waals surface area contributed by atoms with Gasteiger partial charge in [0.25, 0.3) is 5.56 Å². The van der Waals surface area contributed by atoms with E-state index in [0.717, 1.165) is 21.0 Å². The summed E-state index contributed by atoms with van der Waals surface area (Å²) < 4.78 is 4.85. The molecule has 1 amide bonds. The predicted molar refractivity (Wildman–Crippen MR) is 109 cm³/mol. The highest BCUT2D eigenvalue weighted by molar-refractivity contribution is 7.18. The Morgan fingerprint density at radius 2 is 1.93 bits per heavy atom. The number of ether oxygens (including phenoxy) is 1. The number of H-pyrrole nitrogens is 1. The average Bonchev–Trinajstić information content (AvgIpc) is 2.91. The van der Waals surface area contributed by atoms with Crippen molar-refractivity contribution in [3.8, 4) is 0 Å². The van der Waals surface area contributed by atoms with Crippen LogP contribution in [0.15, 0.2) is 29.1 Å². The Kier molecular flexibility index (Phi) is 5.46. The van der Waals surface area contributed by atoms with Gasteiger partial charge in [-0.15, -0.1) is 11.3 Å². The average molecular weight is 386 g/mol. The molecule has 0 spiro atoms. The van der Waals surface area contributed by atoms with E-state index in [4.69, 9.17) is 4.74 Å². The Labute approximate surface area is 160 Å². The molecule has 142 valence electrons. The summed E-state index contributed by atoms with van der Waals surface area (Å²) in [6, 6.07) is 7.05. The van der Waals surface area contributed by atoms with Gasteiger partial charge in [0, 0.05) is 16.3 Å². The number of carbonyl (C=O) groups is 1. The van der Waals surface area contributed by atoms with Crippen LogP contribution in [0.25, 0.3) is 10.2 Å². The fraction of sp³-hybridized carbons (Fsp3) is 0.316. The monoisotopic (exact) mass is 386 g/mol. The van der Waals surface area contributed by atoms with Crippen molar-refractivity contribution in [2.24, 2.45) is 0 Å². The topological polar surface area (TPSA) is 96.1 Å². The Morgan fingerprint density at radius 1 is 1.26 bits per heavy atom. The Bertz CT molecular complexity index is 1020. The molecule has 0 aliphatic heterocycles. The van der Waals surface area contributed by atoms with Crippen LogP contribution in [0.4, 0.5) is 16.2 Å². The molecule has 0 radical (unpaired) electrons. The molecule has 0 aliphatic rings. The van der Waals surface area contributed by atoms with Gasteiger partial charge in [-0.05, 0) is 57.5 Å². The van der Waals surface area contributed by atoms with E-state index in [0.29, 0.717) is 23.5 Å². The molecule has 7 nitrogen and oxygen atoms in total. The second-order valence-corrected chi connectivity index (χ2v) is 7.41. The number of thiophene rings is 1. The fourth-order valence-electron chi connectivity index (χ4n) is 2.73. The van der Waals surface area contributed by atoms with Crippen molar-refractivity contribution in [2.75, 3.05) is 17.2 Å². The third kappa shape index (κ3) is 4.11. The highest BCUT2D eigenvalue weighted by atomic mass is 32.1. The number of rotatable bonds is 5. The van der Waals surface area contributed by atoms with Crippen molar-refractivity contribution < 1.29 is 9.53 Å². The maximum atomic E-state index is 12.4. The molecule has 27 heavy (non-hydrogen) atoms. The van der Waals surface area contributed by atoms with Crippen molar-refractivity contribution in [3.05, 3.63) is 50.9 Å². The summed E-state index contributed by atoms with van der Waals surface area (Å²) >= 11 is 1.53. The molecule has 2 heterocycles. The van der Waals surface area contributed by atoms with Gasteiger partial charge in [0.15, 0.2) is 0 Å². The fourth-order valence-corrected chi connectivity index (χ4v) is 3.77. The lowest BCUT2D eigenvalue weighted by atomic mass is 10.2. The molecule has 2 aromatic heterocycles. The van der Waals surface area contributed by atoms with E-state index in [1.165, 1.54) is 11.3 Å². The SMILES string of the molecule is CCOC(=O)Nc1ccc(NC(C)c2nc3sc(C)c(C)c3c(=O)[nH]2)cc1. The second-order valence-electron chi connectivity index (χ2n) is 6.20. The Hall–Kier alpha value is -2.87. The first-order valence-electron chi connectivity index (χ1n) is 8.69. The summed E-state index contributed by atoms with van der Waals surface area (Å²) in [6.45, 7) is 7.94. The molecular formula is C19H22N4O3S. The van der Waals surface area contributed by atoms with Crippen LogP contribution in [0, 0.1) is 13.8 Å². The zero-order valence-electron chi connectivity index (χ0n) is 15.7. The third-order valence-corrected chi connectivity index (χ3v) is 5.36. The minimum absolute atomic E-state index is 0.112. The second kappa shape index (κ2) is 7.79. The minimum atomic E-state index is -0.483. The number of aromatic nitrogens is 2. The first kappa shape index (κ1) is 18.9. The van der Waals surface area contributed by atoms with E-state index in [-0.39, 0.29) is 11.6 Å². The van der Waals surface area contributed by atoms with Gasteiger partial charge in [-0.25, -0.2) is 9.78 Å². The molecule has 0 saturated carbocycles. The van der Waals surface area contributed by atoms with E-state index in [1.807, 2.05) is 32.9 Å². The van der Waals surface area contributed by atoms with Crippen molar-refractivity contribution in [1.29, 1.82) is 0 Å². The van der Waals surface area contributed by atoms with Crippen LogP contribution in [-0.2, 0) is 4.74 Å². The number of amides is 1. The summed E-state index contributed by atoms with van der Waals surface area (Å²) in [5.74, 6) is 0.586. The van der Waals surface area contributed by atoms with Crippen LogP contribution in [-0.4, -0.2) is 22.7 Å². The Balaban J connectivity index is 1.75. The van der Waals surface area contributed by atoms with Crippen molar-refractivity contribution in [1.82, 2.24) is 9.97 Å². The van der Waals surface area contributed by atoms with Crippen molar-refractivity contribution in [3.63, 3.8) is 0 Å². The van der Waals surface area contributed by atoms with E-state index in [1.54, 1.807) is 19.1 Å². The number of fused-ring (bicyclic) bond motifs is 1. The third-order valence-electron chi connectivity index (χ3n) is 4.26. The van der Waals surface area contributed by atoms with E-state index in [9.17, 15) is 9.59 Å². The van der Waals surface area contributed by atoms with Crippen LogP contribution < -0.4 is 16.2 Å². The lowest BCUT2D eigenvalue weighted by Crippen LogP contribution is -2.17. The molecule has 0 fully saturated rings. The Morgan fingerprint density at radius 3 is 2.59 bits per heavy atom. The predicted octanol–water partition coefficient (Wildman–Crippen LogP) is 4.34. The summed E-state index contributed by atoms with van der Waals surface area (Å²) in [6.07, 6.45) is -0.483. The molecule has 0 aliphatic carbocycles. The van der Waals surface area contributed by atoms with E-state index >= 15 is 0 Å². The zero-order chi connectivity index (χ0) is 19.6. The summed E-state index contributed by atoms with van der Waals surface area (Å²) in [5, 5.41) is 6.62. The van der Waals surface area contributed by atoms with Gasteiger partial charge in [0.2, 0.25) is 0 Å². The smallest absolute Gasteiger partial charge is 0.411 e. The van der Waals surface area contributed by atoms with Crippen LogP contribution in [0.5, 0.6) is 0 Å². The van der Waals surface area contributed by atoms with E-state index in [2.05, 4.69) is 20.6 Å². The number of aromatic amines is 1. The highest BCUT2D eigenvalue weighted by Gasteiger charge is 2.15. The van der Waals surface area contributed by atoms with Gasteiger partial charge in [-0.3, -0.25) is 10.1 Å². The molecule has 3 N–H and O–H groups in total. The molecular weight excluding hydrogens is 364 g/mol. The highest BCUT2D eigenvalue weighted by Crippen LogP contribution is 2.27. The zero-order valence-corrected chi connectivity index (χ0v) is 16.5. The van der Waals surface area contributed by atoms with E-state index < -0.39 is 6.09 Å². The number of nitrogens with zero attached hydrogens (tertiary/aromatic N) is 1. The minimum Gasteiger partial charge on any atom is -0.450 e. The molecule has 1 unspecified atom stereocenters. The number of aryl methyl sites for hydroxylation is 2. The normalized spacial score (nSPS) is 12.0. The van der Waals surface area contributed by atoms with Gasteiger partial charge >= 0.3 is 6.09 Å².